The summed E-state index contributed by atoms with van der Waals surface area (Å²) in [6.45, 7) is 4.37. The molecule has 3 rings (SSSR count). The van der Waals surface area contributed by atoms with Gasteiger partial charge in [-0.05, 0) is 23.8 Å². The van der Waals surface area contributed by atoms with E-state index < -0.39 is 6.09 Å². The highest BCUT2D eigenvalue weighted by Gasteiger charge is 2.18. The second-order valence-electron chi connectivity index (χ2n) is 6.33. The van der Waals surface area contributed by atoms with Crippen LogP contribution in [0.4, 0.5) is 4.79 Å². The van der Waals surface area contributed by atoms with Crippen molar-refractivity contribution in [3.05, 3.63) is 84.6 Å². The topological polar surface area (TPSA) is 83.2 Å². The highest BCUT2D eigenvalue weighted by Crippen LogP contribution is 2.25. The van der Waals surface area contributed by atoms with Crippen molar-refractivity contribution in [2.24, 2.45) is 0 Å². The minimum Gasteiger partial charge on any atom is -0.445 e. The Balaban J connectivity index is 1.73. The van der Waals surface area contributed by atoms with Crippen LogP contribution in [0.1, 0.15) is 21.8 Å². The van der Waals surface area contributed by atoms with Crippen molar-refractivity contribution in [2.45, 2.75) is 5.92 Å². The third-order valence-corrected chi connectivity index (χ3v) is 4.43. The molecule has 1 heterocycles. The molecule has 0 bridgehead atoms. The lowest BCUT2D eigenvalue weighted by atomic mass is 9.98. The van der Waals surface area contributed by atoms with Crippen molar-refractivity contribution in [1.29, 1.82) is 0 Å². The number of ether oxygens (including phenoxy) is 1. The van der Waals surface area contributed by atoms with E-state index in [1.807, 2.05) is 48.7 Å². The van der Waals surface area contributed by atoms with Crippen LogP contribution in [0.25, 0.3) is 10.9 Å². The molecule has 1 aromatic heterocycles. The highest BCUT2D eigenvalue weighted by atomic mass is 16.5. The van der Waals surface area contributed by atoms with Crippen LogP contribution in [0.2, 0.25) is 0 Å². The number of carbonyl (C=O) groups is 2. The maximum Gasteiger partial charge on any atom is 0.407 e. The zero-order chi connectivity index (χ0) is 19.8. The number of nitrogens with one attached hydrogen (secondary N) is 3. The van der Waals surface area contributed by atoms with Gasteiger partial charge in [0.15, 0.2) is 0 Å². The number of rotatable bonds is 8. The fourth-order valence-electron chi connectivity index (χ4n) is 3.02. The molecule has 3 N–H and O–H groups in total. The monoisotopic (exact) mass is 377 g/mol. The number of amides is 2. The standard InChI is InChI=1S/C22H23N3O3/c1-2-12-28-22(27)25-14-17(13-24-21(26)16-8-4-3-5-9-16)19-15-23-20-11-7-6-10-18(19)20/h2-11,15,17,23H,1,12-14H2,(H,24,26)(H,25,27)/t17-/m1/s1. The summed E-state index contributed by atoms with van der Waals surface area (Å²) < 4.78 is 4.98. The molecule has 2 amide bonds. The maximum atomic E-state index is 12.4. The van der Waals surface area contributed by atoms with Crippen molar-refractivity contribution in [3.8, 4) is 0 Å². The van der Waals surface area contributed by atoms with E-state index in [2.05, 4.69) is 22.2 Å². The van der Waals surface area contributed by atoms with E-state index in [4.69, 9.17) is 4.74 Å². The first-order valence-corrected chi connectivity index (χ1v) is 9.10. The molecule has 144 valence electrons. The van der Waals surface area contributed by atoms with Gasteiger partial charge in [-0.3, -0.25) is 4.79 Å². The number of carbonyl (C=O) groups excluding carboxylic acids is 2. The van der Waals surface area contributed by atoms with Gasteiger partial charge < -0.3 is 20.4 Å². The van der Waals surface area contributed by atoms with Crippen LogP contribution in [0.3, 0.4) is 0 Å². The molecule has 28 heavy (non-hydrogen) atoms. The Morgan fingerprint density at radius 2 is 1.75 bits per heavy atom. The highest BCUT2D eigenvalue weighted by molar-refractivity contribution is 5.94. The lowest BCUT2D eigenvalue weighted by Gasteiger charge is -2.18. The van der Waals surface area contributed by atoms with Gasteiger partial charge in [0.25, 0.3) is 5.91 Å². The number of H-pyrrole nitrogens is 1. The van der Waals surface area contributed by atoms with E-state index in [0.29, 0.717) is 18.7 Å². The van der Waals surface area contributed by atoms with Crippen molar-refractivity contribution < 1.29 is 14.3 Å². The van der Waals surface area contributed by atoms with Crippen molar-refractivity contribution in [3.63, 3.8) is 0 Å². The minimum atomic E-state index is -0.515. The minimum absolute atomic E-state index is 0.125. The zero-order valence-corrected chi connectivity index (χ0v) is 15.5. The number of benzene rings is 2. The van der Waals surface area contributed by atoms with E-state index in [1.165, 1.54) is 6.08 Å². The molecular formula is C22H23N3O3. The Morgan fingerprint density at radius 3 is 2.54 bits per heavy atom. The van der Waals surface area contributed by atoms with E-state index in [1.54, 1.807) is 12.1 Å². The first-order chi connectivity index (χ1) is 13.7. The summed E-state index contributed by atoms with van der Waals surface area (Å²) in [6.07, 6.45) is 2.91. The Labute approximate surface area is 163 Å². The Hall–Kier alpha value is -3.54. The average Bonchev–Trinajstić information content (AvgIpc) is 3.16. The molecule has 0 spiro atoms. The maximum absolute atomic E-state index is 12.4. The average molecular weight is 377 g/mol. The third kappa shape index (κ3) is 4.79. The number of para-hydroxylation sites is 1. The SMILES string of the molecule is C=CCOC(=O)NC[C@@H](CNC(=O)c1ccccc1)c1c[nH]c2ccccc12. The molecule has 0 aliphatic carbocycles. The molecular weight excluding hydrogens is 354 g/mol. The molecule has 0 unspecified atom stereocenters. The summed E-state index contributed by atoms with van der Waals surface area (Å²) in [5, 5.41) is 6.78. The molecule has 0 radical (unpaired) electrons. The lowest BCUT2D eigenvalue weighted by molar-refractivity contribution is 0.0951. The van der Waals surface area contributed by atoms with E-state index >= 15 is 0 Å². The van der Waals surface area contributed by atoms with Crippen LogP contribution >= 0.6 is 0 Å². The van der Waals surface area contributed by atoms with Crippen LogP contribution < -0.4 is 10.6 Å². The van der Waals surface area contributed by atoms with Gasteiger partial charge in [0.2, 0.25) is 0 Å². The molecule has 0 aliphatic rings. The lowest BCUT2D eigenvalue weighted by Crippen LogP contribution is -2.35. The Bertz CT molecular complexity index is 950. The zero-order valence-electron chi connectivity index (χ0n) is 15.5. The summed E-state index contributed by atoms with van der Waals surface area (Å²) in [4.78, 5) is 27.5. The molecule has 0 aliphatic heterocycles. The largest absolute Gasteiger partial charge is 0.445 e. The first kappa shape index (κ1) is 19.2. The summed E-state index contributed by atoms with van der Waals surface area (Å²) in [7, 11) is 0. The third-order valence-electron chi connectivity index (χ3n) is 4.43. The van der Waals surface area contributed by atoms with Gasteiger partial charge in [-0.2, -0.15) is 0 Å². The molecule has 3 aromatic rings. The number of hydrogen-bond donors (Lipinski definition) is 3. The van der Waals surface area contributed by atoms with Gasteiger partial charge in [0, 0.05) is 41.7 Å². The summed E-state index contributed by atoms with van der Waals surface area (Å²) in [5.74, 6) is -0.278. The summed E-state index contributed by atoms with van der Waals surface area (Å²) in [6, 6.07) is 17.0. The molecule has 0 fully saturated rings. The number of hydrogen-bond acceptors (Lipinski definition) is 3. The normalized spacial score (nSPS) is 11.6. The summed E-state index contributed by atoms with van der Waals surface area (Å²) in [5.41, 5.74) is 2.62. The number of fused-ring (bicyclic) bond motifs is 1. The van der Waals surface area contributed by atoms with Gasteiger partial charge in [-0.1, -0.05) is 49.1 Å². The second-order valence-corrected chi connectivity index (χ2v) is 6.33. The smallest absolute Gasteiger partial charge is 0.407 e. The quantitative estimate of drug-likeness (QED) is 0.525. The molecule has 0 saturated heterocycles. The molecule has 0 saturated carbocycles. The first-order valence-electron chi connectivity index (χ1n) is 9.10. The number of aromatic nitrogens is 1. The second kappa shape index (κ2) is 9.41. The van der Waals surface area contributed by atoms with Gasteiger partial charge >= 0.3 is 6.09 Å². The van der Waals surface area contributed by atoms with Gasteiger partial charge in [-0.15, -0.1) is 0 Å². The van der Waals surface area contributed by atoms with E-state index in [9.17, 15) is 9.59 Å². The van der Waals surface area contributed by atoms with Gasteiger partial charge in [0.1, 0.15) is 6.61 Å². The molecule has 1 atom stereocenters. The fraction of sp³-hybridized carbons (Fsp3) is 0.182. The predicted octanol–water partition coefficient (Wildman–Crippen LogP) is 3.59. The Morgan fingerprint density at radius 1 is 1.04 bits per heavy atom. The van der Waals surface area contributed by atoms with E-state index in [0.717, 1.165) is 16.5 Å². The molecule has 6 nitrogen and oxygen atoms in total. The van der Waals surface area contributed by atoms with Gasteiger partial charge in [-0.25, -0.2) is 4.79 Å². The molecule has 2 aromatic carbocycles. The number of alkyl carbamates (subject to hydrolysis) is 1. The van der Waals surface area contributed by atoms with Crippen molar-refractivity contribution >= 4 is 22.9 Å². The fourth-order valence-corrected chi connectivity index (χ4v) is 3.02. The van der Waals surface area contributed by atoms with Crippen molar-refractivity contribution in [1.82, 2.24) is 15.6 Å². The summed E-state index contributed by atoms with van der Waals surface area (Å²) >= 11 is 0. The number of aromatic amines is 1. The van der Waals surface area contributed by atoms with Crippen molar-refractivity contribution in [2.75, 3.05) is 19.7 Å². The van der Waals surface area contributed by atoms with E-state index in [-0.39, 0.29) is 18.4 Å². The van der Waals surface area contributed by atoms with Gasteiger partial charge in [0.05, 0.1) is 0 Å². The van der Waals surface area contributed by atoms with Crippen LogP contribution in [0, 0.1) is 0 Å². The predicted molar refractivity (Wildman–Crippen MR) is 109 cm³/mol. The van der Waals surface area contributed by atoms with Crippen LogP contribution in [0.15, 0.2) is 73.4 Å². The molecule has 6 heteroatoms. The van der Waals surface area contributed by atoms with Crippen LogP contribution in [-0.4, -0.2) is 36.7 Å². The Kier molecular flexibility index (Phi) is 6.46. The van der Waals surface area contributed by atoms with Crippen LogP contribution in [0.5, 0.6) is 0 Å². The van der Waals surface area contributed by atoms with Crippen LogP contribution in [-0.2, 0) is 4.74 Å².